The van der Waals surface area contributed by atoms with E-state index in [-0.39, 0.29) is 16.7 Å². The van der Waals surface area contributed by atoms with Crippen LogP contribution in [0.5, 0.6) is 5.75 Å². The molecule has 0 saturated carbocycles. The first-order valence-electron chi connectivity index (χ1n) is 8.41. The smallest absolute Gasteiger partial charge is 0.433 e. The molecule has 3 aromatic heterocycles. The summed E-state index contributed by atoms with van der Waals surface area (Å²) in [6.45, 7) is 0.434. The maximum absolute atomic E-state index is 13.0. The van der Waals surface area contributed by atoms with Crippen molar-refractivity contribution >= 4 is 22.8 Å². The molecule has 148 valence electrons. The van der Waals surface area contributed by atoms with Gasteiger partial charge in [-0.05, 0) is 29.8 Å². The van der Waals surface area contributed by atoms with Gasteiger partial charge in [0.1, 0.15) is 22.7 Å². The van der Waals surface area contributed by atoms with Gasteiger partial charge in [0.25, 0.3) is 0 Å². The highest BCUT2D eigenvalue weighted by Crippen LogP contribution is 2.30. The van der Waals surface area contributed by atoms with Gasteiger partial charge in [-0.25, -0.2) is 19.9 Å². The molecule has 1 aromatic carbocycles. The molecule has 4 rings (SSSR count). The predicted molar refractivity (Wildman–Crippen MR) is 101 cm³/mol. The summed E-state index contributed by atoms with van der Waals surface area (Å²) >= 11 is 6.20. The summed E-state index contributed by atoms with van der Waals surface area (Å²) < 4.78 is 45.8. The van der Waals surface area contributed by atoms with Crippen LogP contribution in [-0.4, -0.2) is 31.6 Å². The molecule has 10 heteroatoms. The van der Waals surface area contributed by atoms with Gasteiger partial charge < -0.3 is 9.30 Å². The fourth-order valence-corrected chi connectivity index (χ4v) is 3.00. The largest absolute Gasteiger partial charge is 0.497 e. The average molecular weight is 420 g/mol. The predicted octanol–water partition coefficient (Wildman–Crippen LogP) is 4.62. The van der Waals surface area contributed by atoms with E-state index in [0.29, 0.717) is 17.7 Å². The third-order valence-electron chi connectivity index (χ3n) is 4.20. The molecule has 4 aromatic rings. The van der Waals surface area contributed by atoms with E-state index in [1.54, 1.807) is 18.0 Å². The zero-order valence-electron chi connectivity index (χ0n) is 15.0. The molecule has 0 saturated heterocycles. The molecule has 6 nitrogen and oxygen atoms in total. The van der Waals surface area contributed by atoms with Gasteiger partial charge in [0.15, 0.2) is 16.6 Å². The first kappa shape index (κ1) is 19.1. The Kier molecular flexibility index (Phi) is 4.83. The molecule has 0 atom stereocenters. The highest BCUT2D eigenvalue weighted by molar-refractivity contribution is 6.33. The topological polar surface area (TPSA) is 65.7 Å². The number of rotatable bonds is 4. The number of pyridine rings is 1. The molecule has 0 aliphatic rings. The Morgan fingerprint density at radius 2 is 1.79 bits per heavy atom. The number of alkyl halides is 3. The molecule has 0 fully saturated rings. The van der Waals surface area contributed by atoms with Gasteiger partial charge in [0, 0.05) is 0 Å². The van der Waals surface area contributed by atoms with E-state index in [0.717, 1.165) is 17.4 Å². The third kappa shape index (κ3) is 3.86. The first-order valence-corrected chi connectivity index (χ1v) is 8.79. The number of imidazole rings is 1. The first-order chi connectivity index (χ1) is 13.8. The number of hydrogen-bond donors (Lipinski definition) is 0. The van der Waals surface area contributed by atoms with Crippen LogP contribution in [0, 0.1) is 0 Å². The van der Waals surface area contributed by atoms with Crippen molar-refractivity contribution in [1.29, 1.82) is 0 Å². The Balaban J connectivity index is 1.75. The lowest BCUT2D eigenvalue weighted by Gasteiger charge is -2.08. The van der Waals surface area contributed by atoms with Crippen molar-refractivity contribution in [2.45, 2.75) is 12.7 Å². The number of fused-ring (bicyclic) bond motifs is 1. The minimum atomic E-state index is -4.57. The van der Waals surface area contributed by atoms with Crippen molar-refractivity contribution in [1.82, 2.24) is 24.5 Å². The van der Waals surface area contributed by atoms with E-state index in [1.165, 1.54) is 12.1 Å². The summed E-state index contributed by atoms with van der Waals surface area (Å²) in [6, 6.07) is 11.0. The van der Waals surface area contributed by atoms with Gasteiger partial charge in [-0.15, -0.1) is 0 Å². The van der Waals surface area contributed by atoms with Crippen LogP contribution in [0.4, 0.5) is 13.2 Å². The molecule has 29 heavy (non-hydrogen) atoms. The highest BCUT2D eigenvalue weighted by atomic mass is 35.5. The minimum absolute atomic E-state index is 0.00918. The second kappa shape index (κ2) is 7.32. The average Bonchev–Trinajstić information content (AvgIpc) is 3.11. The maximum atomic E-state index is 13.0. The van der Waals surface area contributed by atoms with Crippen LogP contribution in [0.2, 0.25) is 5.15 Å². The van der Waals surface area contributed by atoms with Crippen LogP contribution in [-0.2, 0) is 12.7 Å². The fraction of sp³-hybridized carbons (Fsp3) is 0.158. The lowest BCUT2D eigenvalue weighted by atomic mass is 10.2. The minimum Gasteiger partial charge on any atom is -0.497 e. The number of ether oxygens (including phenoxy) is 1. The number of aromatic nitrogens is 5. The summed E-state index contributed by atoms with van der Waals surface area (Å²) in [4.78, 5) is 16.3. The standard InChI is InChI=1S/C19H13ClF3N5O/c1-29-12-7-5-11(6-8-12)9-28-10-24-15-16(20)26-17(27-18(15)28)13-3-2-4-14(25-13)19(21,22)23/h2-8,10H,9H2,1H3. The number of halogens is 4. The van der Waals surface area contributed by atoms with E-state index in [9.17, 15) is 13.2 Å². The molecular formula is C19H13ClF3N5O. The number of benzene rings is 1. The second-order valence-corrected chi connectivity index (χ2v) is 6.49. The van der Waals surface area contributed by atoms with Crippen LogP contribution < -0.4 is 4.74 Å². The van der Waals surface area contributed by atoms with Crippen LogP contribution in [0.1, 0.15) is 11.3 Å². The van der Waals surface area contributed by atoms with Gasteiger partial charge in [0.05, 0.1) is 20.0 Å². The molecule has 0 aliphatic heterocycles. The molecular weight excluding hydrogens is 407 g/mol. The van der Waals surface area contributed by atoms with Crippen LogP contribution in [0.3, 0.4) is 0 Å². The SMILES string of the molecule is COc1ccc(Cn2cnc3c(Cl)nc(-c4cccc(C(F)(F)F)n4)nc32)cc1. The van der Waals surface area contributed by atoms with Gasteiger partial charge in [-0.3, -0.25) is 0 Å². The quantitative estimate of drug-likeness (QED) is 0.452. The summed E-state index contributed by atoms with van der Waals surface area (Å²) in [6.07, 6.45) is -3.02. The second-order valence-electron chi connectivity index (χ2n) is 6.14. The Bertz CT molecular complexity index is 1170. The van der Waals surface area contributed by atoms with Crippen LogP contribution in [0.15, 0.2) is 48.8 Å². The molecule has 3 heterocycles. The summed E-state index contributed by atoms with van der Waals surface area (Å²) in [5.41, 5.74) is 0.659. The zero-order valence-corrected chi connectivity index (χ0v) is 15.7. The van der Waals surface area contributed by atoms with Crippen molar-refractivity contribution in [2.75, 3.05) is 7.11 Å². The normalized spacial score (nSPS) is 11.8. The van der Waals surface area contributed by atoms with Crippen molar-refractivity contribution in [3.8, 4) is 17.3 Å². The third-order valence-corrected chi connectivity index (χ3v) is 4.47. The molecule has 0 amide bonds. The number of hydrogen-bond acceptors (Lipinski definition) is 5. The van der Waals surface area contributed by atoms with Gasteiger partial charge in [0.2, 0.25) is 0 Å². The highest BCUT2D eigenvalue weighted by Gasteiger charge is 2.32. The molecule has 0 radical (unpaired) electrons. The number of methoxy groups -OCH3 is 1. The van der Waals surface area contributed by atoms with Gasteiger partial charge in [-0.2, -0.15) is 13.2 Å². The van der Waals surface area contributed by atoms with Crippen molar-refractivity contribution in [3.63, 3.8) is 0 Å². The lowest BCUT2D eigenvalue weighted by molar-refractivity contribution is -0.141. The van der Waals surface area contributed by atoms with E-state index in [2.05, 4.69) is 19.9 Å². The molecule has 0 aliphatic carbocycles. The van der Waals surface area contributed by atoms with E-state index in [4.69, 9.17) is 16.3 Å². The van der Waals surface area contributed by atoms with Crippen molar-refractivity contribution in [2.24, 2.45) is 0 Å². The molecule has 0 bridgehead atoms. The van der Waals surface area contributed by atoms with Crippen LogP contribution >= 0.6 is 11.6 Å². The molecule has 0 N–H and O–H groups in total. The van der Waals surface area contributed by atoms with Crippen molar-refractivity contribution in [3.05, 3.63) is 65.2 Å². The summed E-state index contributed by atoms with van der Waals surface area (Å²) in [7, 11) is 1.58. The Hall–Kier alpha value is -3.20. The lowest BCUT2D eigenvalue weighted by Crippen LogP contribution is -2.09. The molecule has 0 unspecified atom stereocenters. The molecule has 0 spiro atoms. The van der Waals surface area contributed by atoms with E-state index >= 15 is 0 Å². The Labute approximate surface area is 168 Å². The monoisotopic (exact) mass is 419 g/mol. The zero-order chi connectivity index (χ0) is 20.6. The van der Waals surface area contributed by atoms with Crippen molar-refractivity contribution < 1.29 is 17.9 Å². The number of nitrogens with zero attached hydrogens (tertiary/aromatic N) is 5. The summed E-state index contributed by atoms with van der Waals surface area (Å²) in [5, 5.41) is 0.0395. The van der Waals surface area contributed by atoms with E-state index < -0.39 is 11.9 Å². The van der Waals surface area contributed by atoms with Gasteiger partial charge in [-0.1, -0.05) is 29.8 Å². The maximum Gasteiger partial charge on any atom is 0.433 e. The Morgan fingerprint density at radius 1 is 1.03 bits per heavy atom. The fourth-order valence-electron chi connectivity index (χ4n) is 2.78. The van der Waals surface area contributed by atoms with E-state index in [1.807, 2.05) is 24.3 Å². The van der Waals surface area contributed by atoms with Gasteiger partial charge >= 0.3 is 6.18 Å². The summed E-state index contributed by atoms with van der Waals surface area (Å²) in [5.74, 6) is 0.720. The van der Waals surface area contributed by atoms with Crippen LogP contribution in [0.25, 0.3) is 22.7 Å². The Morgan fingerprint density at radius 3 is 2.48 bits per heavy atom.